The van der Waals surface area contributed by atoms with E-state index in [9.17, 15) is 22.8 Å². The summed E-state index contributed by atoms with van der Waals surface area (Å²) < 4.78 is 37.8. The Bertz CT molecular complexity index is 815. The molecule has 2 rings (SSSR count). The highest BCUT2D eigenvalue weighted by molar-refractivity contribution is 7.10. The van der Waals surface area contributed by atoms with Crippen LogP contribution in [-0.4, -0.2) is 29.9 Å². The molecule has 0 aromatic carbocycles. The summed E-state index contributed by atoms with van der Waals surface area (Å²) in [4.78, 5) is 28.0. The van der Waals surface area contributed by atoms with Crippen LogP contribution in [0.5, 0.6) is 0 Å². The molecule has 2 aromatic heterocycles. The molecule has 152 valence electrons. The zero-order valence-corrected chi connectivity index (χ0v) is 16.3. The monoisotopic (exact) mass is 434 g/mol. The summed E-state index contributed by atoms with van der Waals surface area (Å²) in [6.07, 6.45) is -3.76. The first kappa shape index (κ1) is 22.0. The van der Waals surface area contributed by atoms with Crippen LogP contribution in [0.15, 0.2) is 29.8 Å². The van der Waals surface area contributed by atoms with E-state index >= 15 is 0 Å². The molecule has 11 heteroatoms. The van der Waals surface area contributed by atoms with Crippen molar-refractivity contribution >= 4 is 40.6 Å². The van der Waals surface area contributed by atoms with Crippen LogP contribution in [0.1, 0.15) is 29.8 Å². The van der Waals surface area contributed by atoms with Crippen molar-refractivity contribution in [1.82, 2.24) is 15.6 Å². The number of alkyl halides is 3. The molecule has 6 nitrogen and oxygen atoms in total. The number of thiophene rings is 1. The lowest BCUT2D eigenvalue weighted by molar-refractivity contribution is -0.137. The number of hydrogen-bond donors (Lipinski definition) is 3. The molecule has 28 heavy (non-hydrogen) atoms. The molecule has 0 spiro atoms. The van der Waals surface area contributed by atoms with Crippen LogP contribution in [0.4, 0.5) is 19.0 Å². The average molecular weight is 435 g/mol. The van der Waals surface area contributed by atoms with Crippen LogP contribution >= 0.6 is 22.9 Å². The van der Waals surface area contributed by atoms with Crippen molar-refractivity contribution < 1.29 is 22.8 Å². The van der Waals surface area contributed by atoms with Gasteiger partial charge in [0.05, 0.1) is 23.0 Å². The second-order valence-electron chi connectivity index (χ2n) is 5.80. The van der Waals surface area contributed by atoms with E-state index in [0.717, 1.165) is 10.9 Å². The van der Waals surface area contributed by atoms with Gasteiger partial charge in [-0.15, -0.1) is 11.3 Å². The Balaban J connectivity index is 1.81. The molecular weight excluding hydrogens is 417 g/mol. The van der Waals surface area contributed by atoms with Crippen LogP contribution in [0.2, 0.25) is 5.02 Å². The Morgan fingerprint density at radius 3 is 2.64 bits per heavy atom. The zero-order valence-electron chi connectivity index (χ0n) is 14.8. The Kier molecular flexibility index (Phi) is 7.64. The number of anilines is 1. The van der Waals surface area contributed by atoms with Gasteiger partial charge in [-0.1, -0.05) is 17.7 Å². The summed E-state index contributed by atoms with van der Waals surface area (Å²) >= 11 is 7.23. The fraction of sp³-hybridized carbons (Fsp3) is 0.353. The summed E-state index contributed by atoms with van der Waals surface area (Å²) in [5.41, 5.74) is -0.936. The maximum Gasteiger partial charge on any atom is 0.417 e. The molecule has 0 aliphatic heterocycles. The number of aromatic nitrogens is 1. The predicted molar refractivity (Wildman–Crippen MR) is 101 cm³/mol. The molecule has 2 heterocycles. The van der Waals surface area contributed by atoms with E-state index in [2.05, 4.69) is 20.9 Å². The van der Waals surface area contributed by atoms with Gasteiger partial charge in [0.1, 0.15) is 5.82 Å². The van der Waals surface area contributed by atoms with E-state index in [1.165, 1.54) is 18.3 Å². The third-order valence-electron chi connectivity index (χ3n) is 3.56. The number of pyridine rings is 1. The Morgan fingerprint density at radius 2 is 2.07 bits per heavy atom. The van der Waals surface area contributed by atoms with Crippen LogP contribution in [-0.2, 0) is 15.8 Å². The van der Waals surface area contributed by atoms with Gasteiger partial charge in [0.25, 0.3) is 0 Å². The quantitative estimate of drug-likeness (QED) is 0.554. The van der Waals surface area contributed by atoms with Crippen molar-refractivity contribution in [2.75, 3.05) is 18.4 Å². The fourth-order valence-electron chi connectivity index (χ4n) is 2.32. The maximum atomic E-state index is 12.6. The Hall–Kier alpha value is -2.33. The number of nitrogens with one attached hydrogen (secondary N) is 3. The number of amides is 2. The highest BCUT2D eigenvalue weighted by Gasteiger charge is 2.31. The topological polar surface area (TPSA) is 83.1 Å². The first-order chi connectivity index (χ1) is 13.2. The minimum Gasteiger partial charge on any atom is -0.367 e. The second-order valence-corrected chi connectivity index (χ2v) is 7.19. The predicted octanol–water partition coefficient (Wildman–Crippen LogP) is 3.61. The first-order valence-electron chi connectivity index (χ1n) is 8.20. The van der Waals surface area contributed by atoms with Crippen molar-refractivity contribution in [3.05, 3.63) is 45.2 Å². The Morgan fingerprint density at radius 1 is 1.32 bits per heavy atom. The maximum absolute atomic E-state index is 12.6. The number of nitrogens with zero attached hydrogens (tertiary/aromatic N) is 1. The third kappa shape index (κ3) is 6.68. The molecule has 3 N–H and O–H groups in total. The van der Waals surface area contributed by atoms with Crippen LogP contribution in [0, 0.1) is 0 Å². The van der Waals surface area contributed by atoms with Crippen molar-refractivity contribution in [2.45, 2.75) is 25.6 Å². The SMILES string of the molecule is CC(=O)NC(CC(=O)NCCNc1ncc(C(F)(F)F)cc1Cl)c1cccs1. The van der Waals surface area contributed by atoms with Crippen molar-refractivity contribution in [1.29, 1.82) is 0 Å². The largest absolute Gasteiger partial charge is 0.417 e. The average Bonchev–Trinajstić information content (AvgIpc) is 3.12. The number of carbonyl (C=O) groups excluding carboxylic acids is 2. The van der Waals surface area contributed by atoms with Crippen molar-refractivity contribution in [3.63, 3.8) is 0 Å². The minimum atomic E-state index is -4.52. The van der Waals surface area contributed by atoms with Gasteiger partial charge in [0.15, 0.2) is 0 Å². The van der Waals surface area contributed by atoms with E-state index < -0.39 is 17.8 Å². The van der Waals surface area contributed by atoms with E-state index in [1.54, 1.807) is 0 Å². The van der Waals surface area contributed by atoms with Gasteiger partial charge in [-0.25, -0.2) is 4.98 Å². The number of rotatable bonds is 8. The zero-order chi connectivity index (χ0) is 20.7. The van der Waals surface area contributed by atoms with Gasteiger partial charge in [-0.3, -0.25) is 9.59 Å². The lowest BCUT2D eigenvalue weighted by Gasteiger charge is -2.16. The number of halogens is 4. The molecular formula is C17H18ClF3N4O2S. The summed E-state index contributed by atoms with van der Waals surface area (Å²) in [6, 6.07) is 4.03. The summed E-state index contributed by atoms with van der Waals surface area (Å²) in [5, 5.41) is 9.86. The summed E-state index contributed by atoms with van der Waals surface area (Å²) in [7, 11) is 0. The van der Waals surface area contributed by atoms with Gasteiger partial charge in [-0.05, 0) is 17.5 Å². The molecule has 0 aliphatic rings. The fourth-order valence-corrected chi connectivity index (χ4v) is 3.33. The molecule has 1 unspecified atom stereocenters. The van der Waals surface area contributed by atoms with E-state index in [4.69, 9.17) is 11.6 Å². The molecule has 0 saturated heterocycles. The first-order valence-corrected chi connectivity index (χ1v) is 9.46. The molecule has 0 saturated carbocycles. The van der Waals surface area contributed by atoms with Crippen molar-refractivity contribution in [2.24, 2.45) is 0 Å². The number of carbonyl (C=O) groups is 2. The van der Waals surface area contributed by atoms with Gasteiger partial charge in [-0.2, -0.15) is 13.2 Å². The molecule has 0 aliphatic carbocycles. The van der Waals surface area contributed by atoms with E-state index in [1.807, 2.05) is 17.5 Å². The molecule has 0 fully saturated rings. The van der Waals surface area contributed by atoms with Crippen molar-refractivity contribution in [3.8, 4) is 0 Å². The Labute approximate surface area is 168 Å². The van der Waals surface area contributed by atoms with Gasteiger partial charge in [0.2, 0.25) is 11.8 Å². The molecule has 0 radical (unpaired) electrons. The normalized spacial score (nSPS) is 12.3. The smallest absolute Gasteiger partial charge is 0.367 e. The number of hydrogen-bond acceptors (Lipinski definition) is 5. The minimum absolute atomic E-state index is 0.0688. The third-order valence-corrected chi connectivity index (χ3v) is 4.84. The summed E-state index contributed by atoms with van der Waals surface area (Å²) in [5.74, 6) is -0.421. The van der Waals surface area contributed by atoms with Crippen LogP contribution in [0.3, 0.4) is 0 Å². The molecule has 2 aromatic rings. The molecule has 2 amide bonds. The highest BCUT2D eigenvalue weighted by Crippen LogP contribution is 2.32. The molecule has 0 bridgehead atoms. The van der Waals surface area contributed by atoms with Crippen LogP contribution < -0.4 is 16.0 Å². The summed E-state index contributed by atoms with van der Waals surface area (Å²) in [6.45, 7) is 1.80. The van der Waals surface area contributed by atoms with Gasteiger partial charge >= 0.3 is 6.18 Å². The van der Waals surface area contributed by atoms with E-state index in [0.29, 0.717) is 6.20 Å². The lowest BCUT2D eigenvalue weighted by atomic mass is 10.1. The standard InChI is InChI=1S/C17H18ClF3N4O2S/c1-10(26)25-13(14-3-2-6-28-14)8-15(27)22-4-5-23-16-12(18)7-11(9-24-16)17(19,20)21/h2-3,6-7,9,13H,4-5,8H2,1H3,(H,22,27)(H,23,24)(H,25,26). The lowest BCUT2D eigenvalue weighted by Crippen LogP contribution is -2.34. The van der Waals surface area contributed by atoms with Gasteiger partial charge in [0, 0.05) is 31.1 Å². The molecule has 1 atom stereocenters. The van der Waals surface area contributed by atoms with Gasteiger partial charge < -0.3 is 16.0 Å². The highest BCUT2D eigenvalue weighted by atomic mass is 35.5. The second kappa shape index (κ2) is 9.74. The van der Waals surface area contributed by atoms with E-state index in [-0.39, 0.29) is 42.2 Å². The van der Waals surface area contributed by atoms with Crippen LogP contribution in [0.25, 0.3) is 0 Å².